The highest BCUT2D eigenvalue weighted by atomic mass is 16.5. The summed E-state index contributed by atoms with van der Waals surface area (Å²) in [5.41, 5.74) is -0.688. The molecule has 118 valence electrons. The summed E-state index contributed by atoms with van der Waals surface area (Å²) in [5.74, 6) is -0.121. The summed E-state index contributed by atoms with van der Waals surface area (Å²) in [7, 11) is 0. The van der Waals surface area contributed by atoms with Crippen LogP contribution in [0.25, 0.3) is 0 Å². The van der Waals surface area contributed by atoms with Gasteiger partial charge < -0.3 is 14.8 Å². The number of rotatable bonds is 7. The van der Waals surface area contributed by atoms with Crippen LogP contribution in [-0.2, 0) is 14.3 Å². The highest BCUT2D eigenvalue weighted by Crippen LogP contribution is 2.34. The molecule has 4 heteroatoms. The molecular weight excluding hydrogens is 254 g/mol. The highest BCUT2D eigenvalue weighted by molar-refractivity contribution is 5.81. The molecule has 0 aromatic carbocycles. The Balaban J connectivity index is 2.78. The Labute approximate surface area is 123 Å². The van der Waals surface area contributed by atoms with E-state index in [2.05, 4.69) is 26.1 Å². The van der Waals surface area contributed by atoms with E-state index in [1.807, 2.05) is 13.8 Å². The topological polar surface area (TPSA) is 47.6 Å². The maximum atomic E-state index is 12.4. The molecule has 0 bridgehead atoms. The zero-order valence-corrected chi connectivity index (χ0v) is 13.8. The van der Waals surface area contributed by atoms with E-state index in [-0.39, 0.29) is 17.7 Å². The second kappa shape index (κ2) is 7.41. The minimum atomic E-state index is -0.558. The molecule has 1 fully saturated rings. The average molecular weight is 285 g/mol. The van der Waals surface area contributed by atoms with Crippen LogP contribution in [-0.4, -0.2) is 36.4 Å². The average Bonchev–Trinajstić information content (AvgIpc) is 2.39. The zero-order chi connectivity index (χ0) is 15.2. The zero-order valence-electron chi connectivity index (χ0n) is 13.8. The van der Waals surface area contributed by atoms with Gasteiger partial charge in [-0.1, -0.05) is 13.8 Å². The fraction of sp³-hybridized carbons (Fsp3) is 0.938. The van der Waals surface area contributed by atoms with Crippen molar-refractivity contribution in [2.24, 2.45) is 0 Å². The molecule has 0 aromatic rings. The van der Waals surface area contributed by atoms with Gasteiger partial charge in [-0.05, 0) is 53.0 Å². The third-order valence-corrected chi connectivity index (χ3v) is 4.22. The van der Waals surface area contributed by atoms with E-state index in [1.54, 1.807) is 0 Å². The van der Waals surface area contributed by atoms with Gasteiger partial charge in [0.05, 0.1) is 18.3 Å². The molecule has 0 radical (unpaired) electrons. The molecule has 1 rings (SSSR count). The van der Waals surface area contributed by atoms with Gasteiger partial charge in [-0.15, -0.1) is 0 Å². The summed E-state index contributed by atoms with van der Waals surface area (Å²) in [5, 5.41) is 3.36. The van der Waals surface area contributed by atoms with Crippen LogP contribution < -0.4 is 5.32 Å². The fourth-order valence-electron chi connectivity index (χ4n) is 2.89. The van der Waals surface area contributed by atoms with Gasteiger partial charge in [-0.2, -0.15) is 0 Å². The molecule has 0 spiro atoms. The second-order valence-electron chi connectivity index (χ2n) is 6.28. The monoisotopic (exact) mass is 285 g/mol. The molecule has 0 saturated heterocycles. The van der Waals surface area contributed by atoms with Crippen molar-refractivity contribution in [2.75, 3.05) is 13.2 Å². The molecular formula is C16H31NO3. The molecule has 0 aromatic heterocycles. The molecule has 1 saturated carbocycles. The van der Waals surface area contributed by atoms with Crippen LogP contribution in [0.1, 0.15) is 66.7 Å². The number of likely N-dealkylation sites (N-methyl/N-ethyl adjacent to an activating group) is 1. The van der Waals surface area contributed by atoms with Crippen LogP contribution in [0.15, 0.2) is 0 Å². The summed E-state index contributed by atoms with van der Waals surface area (Å²) in [6.45, 7) is 11.4. The van der Waals surface area contributed by atoms with Crippen LogP contribution in [0.3, 0.4) is 0 Å². The van der Waals surface area contributed by atoms with E-state index in [1.165, 1.54) is 0 Å². The third-order valence-electron chi connectivity index (χ3n) is 4.22. The van der Waals surface area contributed by atoms with E-state index < -0.39 is 5.54 Å². The molecule has 1 N–H and O–H groups in total. The Hall–Kier alpha value is -0.610. The van der Waals surface area contributed by atoms with Gasteiger partial charge in [0.1, 0.15) is 5.54 Å². The molecule has 20 heavy (non-hydrogen) atoms. The Bertz CT molecular complexity index is 313. The molecule has 0 heterocycles. The predicted molar refractivity (Wildman–Crippen MR) is 80.8 cm³/mol. The lowest BCUT2D eigenvalue weighted by atomic mass is 9.79. The van der Waals surface area contributed by atoms with Gasteiger partial charge in [0.2, 0.25) is 0 Å². The standard InChI is InChI=1S/C16H31NO3/c1-6-15(4,5)20-13-10-9-11-16(12-13,17-7-2)14(18)19-8-3/h13,17H,6-12H2,1-5H3. The number of hydrogen-bond acceptors (Lipinski definition) is 4. The van der Waals surface area contributed by atoms with E-state index in [0.29, 0.717) is 13.0 Å². The maximum Gasteiger partial charge on any atom is 0.326 e. The van der Waals surface area contributed by atoms with Gasteiger partial charge in [-0.25, -0.2) is 0 Å². The van der Waals surface area contributed by atoms with Gasteiger partial charge in [0.25, 0.3) is 0 Å². The Morgan fingerprint density at radius 3 is 2.60 bits per heavy atom. The van der Waals surface area contributed by atoms with Gasteiger partial charge in [-0.3, -0.25) is 4.79 Å². The van der Waals surface area contributed by atoms with E-state index >= 15 is 0 Å². The van der Waals surface area contributed by atoms with E-state index in [0.717, 1.165) is 32.2 Å². The number of nitrogens with one attached hydrogen (secondary N) is 1. The molecule has 0 amide bonds. The van der Waals surface area contributed by atoms with Crippen LogP contribution in [0.2, 0.25) is 0 Å². The number of carbonyl (C=O) groups excluding carboxylic acids is 1. The summed E-state index contributed by atoms with van der Waals surface area (Å²) in [6.07, 6.45) is 4.67. The Morgan fingerprint density at radius 1 is 1.35 bits per heavy atom. The van der Waals surface area contributed by atoms with Crippen molar-refractivity contribution >= 4 is 5.97 Å². The highest BCUT2D eigenvalue weighted by Gasteiger charge is 2.44. The second-order valence-corrected chi connectivity index (χ2v) is 6.28. The Morgan fingerprint density at radius 2 is 2.05 bits per heavy atom. The van der Waals surface area contributed by atoms with Crippen molar-refractivity contribution in [3.8, 4) is 0 Å². The van der Waals surface area contributed by atoms with Crippen molar-refractivity contribution in [3.05, 3.63) is 0 Å². The first-order valence-electron chi connectivity index (χ1n) is 7.99. The van der Waals surface area contributed by atoms with Crippen molar-refractivity contribution in [3.63, 3.8) is 0 Å². The van der Waals surface area contributed by atoms with Crippen molar-refractivity contribution in [2.45, 2.75) is 84.0 Å². The molecule has 0 aliphatic heterocycles. The SMILES string of the molecule is CCNC1(C(=O)OCC)CCCC(OC(C)(C)CC)C1. The third kappa shape index (κ3) is 4.45. The van der Waals surface area contributed by atoms with Crippen LogP contribution in [0, 0.1) is 0 Å². The minimum absolute atomic E-state index is 0.121. The quantitative estimate of drug-likeness (QED) is 0.730. The number of ether oxygens (including phenoxy) is 2. The largest absolute Gasteiger partial charge is 0.465 e. The summed E-state index contributed by atoms with van der Waals surface area (Å²) < 4.78 is 11.5. The van der Waals surface area contributed by atoms with Crippen molar-refractivity contribution in [1.29, 1.82) is 0 Å². The molecule has 1 aliphatic carbocycles. The normalized spacial score (nSPS) is 27.4. The first-order valence-corrected chi connectivity index (χ1v) is 7.99. The molecule has 2 unspecified atom stereocenters. The number of carbonyl (C=O) groups is 1. The molecule has 4 nitrogen and oxygen atoms in total. The van der Waals surface area contributed by atoms with Crippen LogP contribution >= 0.6 is 0 Å². The summed E-state index contributed by atoms with van der Waals surface area (Å²) >= 11 is 0. The minimum Gasteiger partial charge on any atom is -0.465 e. The molecule has 2 atom stereocenters. The van der Waals surface area contributed by atoms with Crippen molar-refractivity contribution in [1.82, 2.24) is 5.32 Å². The fourth-order valence-corrected chi connectivity index (χ4v) is 2.89. The lowest BCUT2D eigenvalue weighted by Crippen LogP contribution is -2.57. The number of hydrogen-bond donors (Lipinski definition) is 1. The predicted octanol–water partition coefficient (Wildman–Crippen LogP) is 3.05. The Kier molecular flexibility index (Phi) is 6.46. The van der Waals surface area contributed by atoms with Gasteiger partial charge >= 0.3 is 5.97 Å². The van der Waals surface area contributed by atoms with Gasteiger partial charge in [0.15, 0.2) is 0 Å². The van der Waals surface area contributed by atoms with E-state index in [9.17, 15) is 4.79 Å². The van der Waals surface area contributed by atoms with Gasteiger partial charge in [0, 0.05) is 6.42 Å². The first kappa shape index (κ1) is 17.4. The summed E-state index contributed by atoms with van der Waals surface area (Å²) in [4.78, 5) is 12.4. The van der Waals surface area contributed by atoms with Crippen LogP contribution in [0.4, 0.5) is 0 Å². The van der Waals surface area contributed by atoms with Crippen molar-refractivity contribution < 1.29 is 14.3 Å². The lowest BCUT2D eigenvalue weighted by molar-refractivity contribution is -0.159. The van der Waals surface area contributed by atoms with Crippen LogP contribution in [0.5, 0.6) is 0 Å². The summed E-state index contributed by atoms with van der Waals surface area (Å²) in [6, 6.07) is 0. The lowest BCUT2D eigenvalue weighted by Gasteiger charge is -2.41. The van der Waals surface area contributed by atoms with E-state index in [4.69, 9.17) is 9.47 Å². The maximum absolute atomic E-state index is 12.4. The smallest absolute Gasteiger partial charge is 0.326 e. The molecule has 1 aliphatic rings. The number of esters is 1. The first-order chi connectivity index (χ1) is 9.39.